The molecule has 0 aromatic heterocycles. The third-order valence-corrected chi connectivity index (χ3v) is 3.71. The molecule has 1 aromatic carbocycles. The number of hydrogen-bond acceptors (Lipinski definition) is 3. The number of aliphatic imine (C=N–C) groups is 1. The Labute approximate surface area is 106 Å². The Kier molecular flexibility index (Phi) is 2.08. The first kappa shape index (κ1) is 11.0. The Morgan fingerprint density at radius 2 is 1.83 bits per heavy atom. The van der Waals surface area contributed by atoms with Gasteiger partial charge in [-0.3, -0.25) is 4.79 Å². The Morgan fingerprint density at radius 3 is 2.56 bits per heavy atom. The van der Waals surface area contributed by atoms with E-state index >= 15 is 0 Å². The lowest BCUT2D eigenvalue weighted by Crippen LogP contribution is -2.24. The zero-order valence-electron chi connectivity index (χ0n) is 10.7. The SMILES string of the molecule is CC1=C(N)C(C)=C2C(=Nc3cccc(C)c32)C1=O. The molecule has 0 spiro atoms. The van der Waals surface area contributed by atoms with E-state index in [1.54, 1.807) is 6.92 Å². The molecular formula is C15H14N2O. The minimum absolute atomic E-state index is 0.0521. The molecule has 0 amide bonds. The Bertz CT molecular complexity index is 690. The second-order valence-electron chi connectivity index (χ2n) is 4.80. The first-order valence-corrected chi connectivity index (χ1v) is 5.93. The summed E-state index contributed by atoms with van der Waals surface area (Å²) in [4.78, 5) is 16.7. The molecule has 0 unspecified atom stereocenters. The summed E-state index contributed by atoms with van der Waals surface area (Å²) in [6.45, 7) is 5.75. The van der Waals surface area contributed by atoms with Crippen LogP contribution in [0.2, 0.25) is 0 Å². The van der Waals surface area contributed by atoms with Gasteiger partial charge in [0.25, 0.3) is 0 Å². The van der Waals surface area contributed by atoms with E-state index in [2.05, 4.69) is 4.99 Å². The van der Waals surface area contributed by atoms with Gasteiger partial charge in [-0.15, -0.1) is 0 Å². The maximum absolute atomic E-state index is 12.2. The van der Waals surface area contributed by atoms with Crippen molar-refractivity contribution in [1.82, 2.24) is 0 Å². The molecule has 0 fully saturated rings. The monoisotopic (exact) mass is 238 g/mol. The van der Waals surface area contributed by atoms with Crippen molar-refractivity contribution >= 4 is 22.8 Å². The first-order valence-electron chi connectivity index (χ1n) is 5.93. The Balaban J connectivity index is 2.39. The van der Waals surface area contributed by atoms with E-state index < -0.39 is 0 Å². The molecule has 3 nitrogen and oxygen atoms in total. The summed E-state index contributed by atoms with van der Waals surface area (Å²) in [5, 5.41) is 0. The highest BCUT2D eigenvalue weighted by atomic mass is 16.1. The van der Waals surface area contributed by atoms with Gasteiger partial charge in [0.05, 0.1) is 5.69 Å². The van der Waals surface area contributed by atoms with Crippen molar-refractivity contribution in [2.45, 2.75) is 20.8 Å². The number of allylic oxidation sites excluding steroid dienone is 3. The van der Waals surface area contributed by atoms with Crippen molar-refractivity contribution in [3.8, 4) is 0 Å². The summed E-state index contributed by atoms with van der Waals surface area (Å²) in [6.07, 6.45) is 0. The Morgan fingerprint density at radius 1 is 1.11 bits per heavy atom. The van der Waals surface area contributed by atoms with E-state index in [1.165, 1.54) is 0 Å². The van der Waals surface area contributed by atoms with Crippen LogP contribution in [0.4, 0.5) is 5.69 Å². The minimum atomic E-state index is -0.0521. The lowest BCUT2D eigenvalue weighted by atomic mass is 9.84. The van der Waals surface area contributed by atoms with Crippen LogP contribution in [0, 0.1) is 6.92 Å². The van der Waals surface area contributed by atoms with Crippen LogP contribution in [0.3, 0.4) is 0 Å². The van der Waals surface area contributed by atoms with Gasteiger partial charge in [-0.05, 0) is 38.0 Å². The van der Waals surface area contributed by atoms with Crippen LogP contribution in [0.1, 0.15) is 25.0 Å². The molecule has 0 saturated heterocycles. The number of aryl methyl sites for hydroxylation is 1. The number of rotatable bonds is 0. The molecule has 3 heteroatoms. The fourth-order valence-corrected chi connectivity index (χ4v) is 2.61. The van der Waals surface area contributed by atoms with Crippen LogP contribution in [-0.2, 0) is 4.79 Å². The van der Waals surface area contributed by atoms with E-state index in [4.69, 9.17) is 5.73 Å². The lowest BCUT2D eigenvalue weighted by molar-refractivity contribution is -0.109. The number of nitrogens with zero attached hydrogens (tertiary/aromatic N) is 1. The van der Waals surface area contributed by atoms with Crippen LogP contribution in [-0.4, -0.2) is 11.5 Å². The molecule has 1 aromatic rings. The Hall–Kier alpha value is -2.16. The number of hydrogen-bond donors (Lipinski definition) is 1. The van der Waals surface area contributed by atoms with Crippen LogP contribution < -0.4 is 5.73 Å². The summed E-state index contributed by atoms with van der Waals surface area (Å²) in [6, 6.07) is 5.93. The van der Waals surface area contributed by atoms with Gasteiger partial charge in [-0.2, -0.15) is 0 Å². The second kappa shape index (κ2) is 3.42. The number of Topliss-reactive ketones (excluding diaryl/α,β-unsaturated/α-hetero) is 1. The summed E-state index contributed by atoms with van der Waals surface area (Å²) in [5.74, 6) is -0.0521. The summed E-state index contributed by atoms with van der Waals surface area (Å²) in [5.41, 5.74) is 12.7. The summed E-state index contributed by atoms with van der Waals surface area (Å²) < 4.78 is 0. The van der Waals surface area contributed by atoms with Gasteiger partial charge in [0, 0.05) is 22.4 Å². The quantitative estimate of drug-likeness (QED) is 0.706. The summed E-state index contributed by atoms with van der Waals surface area (Å²) in [7, 11) is 0. The van der Waals surface area contributed by atoms with Crippen LogP contribution in [0.5, 0.6) is 0 Å². The fourth-order valence-electron chi connectivity index (χ4n) is 2.61. The third kappa shape index (κ3) is 1.19. The predicted molar refractivity (Wildman–Crippen MR) is 72.8 cm³/mol. The van der Waals surface area contributed by atoms with E-state index in [0.29, 0.717) is 17.0 Å². The number of benzene rings is 1. The molecule has 0 atom stereocenters. The average Bonchev–Trinajstić information content (AvgIpc) is 2.75. The van der Waals surface area contributed by atoms with Crippen LogP contribution in [0.15, 0.2) is 40.0 Å². The molecule has 1 aliphatic heterocycles. The zero-order chi connectivity index (χ0) is 13.0. The smallest absolute Gasteiger partial charge is 0.209 e. The number of carbonyl (C=O) groups is 1. The molecule has 0 bridgehead atoms. The molecule has 2 N–H and O–H groups in total. The van der Waals surface area contributed by atoms with E-state index in [0.717, 1.165) is 28.0 Å². The van der Waals surface area contributed by atoms with Crippen molar-refractivity contribution in [2.24, 2.45) is 10.7 Å². The van der Waals surface area contributed by atoms with Crippen molar-refractivity contribution in [2.75, 3.05) is 0 Å². The molecule has 0 saturated carbocycles. The molecule has 90 valence electrons. The number of nitrogens with two attached hydrogens (primary N) is 1. The van der Waals surface area contributed by atoms with Crippen molar-refractivity contribution in [3.05, 3.63) is 46.2 Å². The molecule has 1 heterocycles. The van der Waals surface area contributed by atoms with Gasteiger partial charge >= 0.3 is 0 Å². The largest absolute Gasteiger partial charge is 0.398 e. The maximum atomic E-state index is 12.2. The highest BCUT2D eigenvalue weighted by molar-refractivity contribution is 6.63. The van der Waals surface area contributed by atoms with Gasteiger partial charge in [0.2, 0.25) is 5.78 Å². The van der Waals surface area contributed by atoms with Crippen LogP contribution >= 0.6 is 0 Å². The summed E-state index contributed by atoms with van der Waals surface area (Å²) >= 11 is 0. The van der Waals surface area contributed by atoms with E-state index in [1.807, 2.05) is 32.0 Å². The molecule has 1 aliphatic carbocycles. The van der Waals surface area contributed by atoms with E-state index in [-0.39, 0.29) is 5.78 Å². The number of carbonyl (C=O) groups excluding carboxylic acids is 1. The van der Waals surface area contributed by atoms with Crippen molar-refractivity contribution in [3.63, 3.8) is 0 Å². The number of fused-ring (bicyclic) bond motifs is 3. The normalized spacial score (nSPS) is 17.9. The predicted octanol–water partition coefficient (Wildman–Crippen LogP) is 2.67. The van der Waals surface area contributed by atoms with E-state index in [9.17, 15) is 4.79 Å². The van der Waals surface area contributed by atoms with Gasteiger partial charge in [-0.1, -0.05) is 12.1 Å². The fraction of sp³-hybridized carbons (Fsp3) is 0.200. The van der Waals surface area contributed by atoms with Gasteiger partial charge in [0.1, 0.15) is 5.71 Å². The average molecular weight is 238 g/mol. The molecular weight excluding hydrogens is 224 g/mol. The topological polar surface area (TPSA) is 55.4 Å². The highest BCUT2D eigenvalue weighted by Gasteiger charge is 2.34. The van der Waals surface area contributed by atoms with Crippen LogP contribution in [0.25, 0.3) is 5.57 Å². The minimum Gasteiger partial charge on any atom is -0.398 e. The highest BCUT2D eigenvalue weighted by Crippen LogP contribution is 2.42. The van der Waals surface area contributed by atoms with Crippen molar-refractivity contribution in [1.29, 1.82) is 0 Å². The van der Waals surface area contributed by atoms with Gasteiger partial charge in [-0.25, -0.2) is 4.99 Å². The third-order valence-electron chi connectivity index (χ3n) is 3.71. The van der Waals surface area contributed by atoms with Crippen molar-refractivity contribution < 1.29 is 4.79 Å². The molecule has 18 heavy (non-hydrogen) atoms. The zero-order valence-corrected chi connectivity index (χ0v) is 10.7. The molecule has 2 aliphatic rings. The second-order valence-corrected chi connectivity index (χ2v) is 4.80. The first-order chi connectivity index (χ1) is 8.52. The van der Waals surface area contributed by atoms with Gasteiger partial charge in [0.15, 0.2) is 0 Å². The standard InChI is InChI=1S/C15H14N2O/c1-7-5-4-6-10-11(7)12-8(2)13(16)9(3)15(18)14(12)17-10/h4-6H,16H2,1-3H3. The molecule has 0 radical (unpaired) electrons. The molecule has 3 rings (SSSR count). The maximum Gasteiger partial charge on any atom is 0.209 e. The lowest BCUT2D eigenvalue weighted by Gasteiger charge is -2.18. The number of ketones is 1. The van der Waals surface area contributed by atoms with Gasteiger partial charge < -0.3 is 5.73 Å².